The first-order valence-electron chi connectivity index (χ1n) is 8.37. The Kier molecular flexibility index (Phi) is 5.11. The minimum Gasteiger partial charge on any atom is -0.381 e. The van der Waals surface area contributed by atoms with Crippen LogP contribution in [0.5, 0.6) is 0 Å². The highest BCUT2D eigenvalue weighted by Crippen LogP contribution is 2.19. The molecule has 1 aromatic rings. The van der Waals surface area contributed by atoms with E-state index in [0.29, 0.717) is 5.91 Å². The third-order valence-electron chi connectivity index (χ3n) is 4.78. The van der Waals surface area contributed by atoms with Crippen molar-refractivity contribution in [1.82, 2.24) is 9.80 Å². The van der Waals surface area contributed by atoms with Gasteiger partial charge in [0.25, 0.3) is 0 Å². The third kappa shape index (κ3) is 3.87. The highest BCUT2D eigenvalue weighted by Gasteiger charge is 2.28. The van der Waals surface area contributed by atoms with Gasteiger partial charge in [-0.2, -0.15) is 0 Å². The van der Waals surface area contributed by atoms with Gasteiger partial charge in [0.15, 0.2) is 0 Å². The lowest BCUT2D eigenvalue weighted by Crippen LogP contribution is -2.50. The fourth-order valence-electron chi connectivity index (χ4n) is 3.28. The molecule has 22 heavy (non-hydrogen) atoms. The SMILES string of the molecule is Cc1ccc(CN2CCN(C(=O)C3CCOCC3)CC2)cc1. The molecule has 3 rings (SSSR count). The van der Waals surface area contributed by atoms with Crippen LogP contribution in [0.1, 0.15) is 24.0 Å². The molecule has 1 amide bonds. The van der Waals surface area contributed by atoms with Crippen LogP contribution >= 0.6 is 0 Å². The van der Waals surface area contributed by atoms with E-state index >= 15 is 0 Å². The van der Waals surface area contributed by atoms with Gasteiger partial charge in [0.05, 0.1) is 0 Å². The summed E-state index contributed by atoms with van der Waals surface area (Å²) in [7, 11) is 0. The van der Waals surface area contributed by atoms with E-state index in [-0.39, 0.29) is 5.92 Å². The summed E-state index contributed by atoms with van der Waals surface area (Å²) in [4.78, 5) is 17.0. The van der Waals surface area contributed by atoms with Crippen LogP contribution in [0.4, 0.5) is 0 Å². The number of carbonyl (C=O) groups is 1. The number of hydrogen-bond acceptors (Lipinski definition) is 3. The molecule has 0 aromatic heterocycles. The second-order valence-electron chi connectivity index (χ2n) is 6.47. The molecule has 0 bridgehead atoms. The highest BCUT2D eigenvalue weighted by atomic mass is 16.5. The molecule has 2 aliphatic rings. The lowest BCUT2D eigenvalue weighted by atomic mass is 9.98. The lowest BCUT2D eigenvalue weighted by molar-refractivity contribution is -0.140. The van der Waals surface area contributed by atoms with E-state index in [4.69, 9.17) is 4.74 Å². The molecule has 0 unspecified atom stereocenters. The highest BCUT2D eigenvalue weighted by molar-refractivity contribution is 5.79. The van der Waals surface area contributed by atoms with Crippen LogP contribution in [0.15, 0.2) is 24.3 Å². The maximum Gasteiger partial charge on any atom is 0.225 e. The molecule has 4 nitrogen and oxygen atoms in total. The summed E-state index contributed by atoms with van der Waals surface area (Å²) >= 11 is 0. The third-order valence-corrected chi connectivity index (χ3v) is 4.78. The summed E-state index contributed by atoms with van der Waals surface area (Å²) in [6.07, 6.45) is 1.78. The normalized spacial score (nSPS) is 21.0. The van der Waals surface area contributed by atoms with Crippen molar-refractivity contribution in [2.24, 2.45) is 5.92 Å². The molecule has 1 aromatic carbocycles. The molecular weight excluding hydrogens is 276 g/mol. The van der Waals surface area contributed by atoms with Crippen molar-refractivity contribution in [3.8, 4) is 0 Å². The van der Waals surface area contributed by atoms with Gasteiger partial charge in [0.1, 0.15) is 0 Å². The van der Waals surface area contributed by atoms with Crippen molar-refractivity contribution in [2.75, 3.05) is 39.4 Å². The predicted octanol–water partition coefficient (Wildman–Crippen LogP) is 2.07. The summed E-state index contributed by atoms with van der Waals surface area (Å²) in [5.41, 5.74) is 2.66. The van der Waals surface area contributed by atoms with E-state index in [2.05, 4.69) is 41.0 Å². The smallest absolute Gasteiger partial charge is 0.225 e. The molecule has 2 saturated heterocycles. The van der Waals surface area contributed by atoms with Crippen LogP contribution in [0.25, 0.3) is 0 Å². The lowest BCUT2D eigenvalue weighted by Gasteiger charge is -2.37. The van der Waals surface area contributed by atoms with E-state index in [9.17, 15) is 4.79 Å². The minimum atomic E-state index is 0.192. The van der Waals surface area contributed by atoms with Crippen molar-refractivity contribution < 1.29 is 9.53 Å². The first-order valence-corrected chi connectivity index (χ1v) is 8.37. The zero-order chi connectivity index (χ0) is 15.4. The topological polar surface area (TPSA) is 32.8 Å². The molecule has 0 aliphatic carbocycles. The summed E-state index contributed by atoms with van der Waals surface area (Å²) in [6.45, 7) is 8.26. The van der Waals surface area contributed by atoms with Crippen LogP contribution in [0, 0.1) is 12.8 Å². The average Bonchev–Trinajstić information content (AvgIpc) is 2.58. The minimum absolute atomic E-state index is 0.192. The fraction of sp³-hybridized carbons (Fsp3) is 0.611. The molecule has 0 radical (unpaired) electrons. The number of carbonyl (C=O) groups excluding carboxylic acids is 1. The molecule has 0 atom stereocenters. The Morgan fingerprint density at radius 3 is 2.36 bits per heavy atom. The monoisotopic (exact) mass is 302 g/mol. The van der Waals surface area contributed by atoms with E-state index in [1.165, 1.54) is 11.1 Å². The van der Waals surface area contributed by atoms with Gasteiger partial charge in [-0.1, -0.05) is 29.8 Å². The zero-order valence-electron chi connectivity index (χ0n) is 13.5. The van der Waals surface area contributed by atoms with Crippen LogP contribution < -0.4 is 0 Å². The Balaban J connectivity index is 1.47. The van der Waals surface area contributed by atoms with Crippen LogP contribution in [-0.2, 0) is 16.1 Å². The van der Waals surface area contributed by atoms with E-state index in [1.54, 1.807) is 0 Å². The number of rotatable bonds is 3. The van der Waals surface area contributed by atoms with Crippen LogP contribution in [0.3, 0.4) is 0 Å². The predicted molar refractivity (Wildman–Crippen MR) is 86.6 cm³/mol. The Bertz CT molecular complexity index is 486. The number of nitrogens with zero attached hydrogens (tertiary/aromatic N) is 2. The first-order chi connectivity index (χ1) is 10.7. The van der Waals surface area contributed by atoms with Gasteiger partial charge in [0, 0.05) is 51.9 Å². The van der Waals surface area contributed by atoms with Crippen LogP contribution in [0.2, 0.25) is 0 Å². The van der Waals surface area contributed by atoms with Gasteiger partial charge in [-0.05, 0) is 25.3 Å². The number of aryl methyl sites for hydroxylation is 1. The van der Waals surface area contributed by atoms with Gasteiger partial charge in [0.2, 0.25) is 5.91 Å². The summed E-state index contributed by atoms with van der Waals surface area (Å²) in [5, 5.41) is 0. The standard InChI is InChI=1S/C18H26N2O2/c1-15-2-4-16(5-3-15)14-19-8-10-20(11-9-19)18(21)17-6-12-22-13-7-17/h2-5,17H,6-14H2,1H3. The molecular formula is C18H26N2O2. The van der Waals surface area contributed by atoms with Crippen molar-refractivity contribution in [3.05, 3.63) is 35.4 Å². The summed E-state index contributed by atoms with van der Waals surface area (Å²) < 4.78 is 5.35. The van der Waals surface area contributed by atoms with E-state index < -0.39 is 0 Å². The van der Waals surface area contributed by atoms with E-state index in [1.807, 2.05) is 0 Å². The Hall–Kier alpha value is -1.39. The number of piperazine rings is 1. The summed E-state index contributed by atoms with van der Waals surface area (Å²) in [5.74, 6) is 0.538. The molecule has 2 fully saturated rings. The molecule has 0 saturated carbocycles. The zero-order valence-corrected chi connectivity index (χ0v) is 13.5. The van der Waals surface area contributed by atoms with Crippen molar-refractivity contribution in [1.29, 1.82) is 0 Å². The number of benzene rings is 1. The molecule has 0 spiro atoms. The number of hydrogen-bond donors (Lipinski definition) is 0. The van der Waals surface area contributed by atoms with Gasteiger partial charge in [-0.3, -0.25) is 9.69 Å². The summed E-state index contributed by atoms with van der Waals surface area (Å²) in [6, 6.07) is 8.74. The molecule has 2 heterocycles. The van der Waals surface area contributed by atoms with E-state index in [0.717, 1.165) is 58.8 Å². The van der Waals surface area contributed by atoms with Gasteiger partial charge < -0.3 is 9.64 Å². The fourth-order valence-corrected chi connectivity index (χ4v) is 3.28. The molecule has 120 valence electrons. The first kappa shape index (κ1) is 15.5. The number of amides is 1. The largest absolute Gasteiger partial charge is 0.381 e. The van der Waals surface area contributed by atoms with Crippen molar-refractivity contribution in [2.45, 2.75) is 26.3 Å². The second-order valence-corrected chi connectivity index (χ2v) is 6.47. The second kappa shape index (κ2) is 7.25. The van der Waals surface area contributed by atoms with Crippen molar-refractivity contribution in [3.63, 3.8) is 0 Å². The Labute approximate surface area is 133 Å². The maximum absolute atomic E-state index is 12.5. The Morgan fingerprint density at radius 1 is 1.09 bits per heavy atom. The van der Waals surface area contributed by atoms with Gasteiger partial charge in [-0.25, -0.2) is 0 Å². The average molecular weight is 302 g/mol. The van der Waals surface area contributed by atoms with Gasteiger partial charge in [-0.15, -0.1) is 0 Å². The van der Waals surface area contributed by atoms with Crippen LogP contribution in [-0.4, -0.2) is 55.1 Å². The molecule has 4 heteroatoms. The maximum atomic E-state index is 12.5. The van der Waals surface area contributed by atoms with Gasteiger partial charge >= 0.3 is 0 Å². The Morgan fingerprint density at radius 2 is 1.73 bits per heavy atom. The quantitative estimate of drug-likeness (QED) is 0.857. The van der Waals surface area contributed by atoms with Crippen molar-refractivity contribution >= 4 is 5.91 Å². The number of ether oxygens (including phenoxy) is 1. The molecule has 2 aliphatic heterocycles. The molecule has 0 N–H and O–H groups in total.